The highest BCUT2D eigenvalue weighted by Gasteiger charge is 2.21. The van der Waals surface area contributed by atoms with Gasteiger partial charge in [0.05, 0.1) is 10.6 Å². The lowest BCUT2D eigenvalue weighted by atomic mass is 10.1. The van der Waals surface area contributed by atoms with E-state index in [-0.39, 0.29) is 0 Å². The number of hydrogen-bond donors (Lipinski definition) is 1. The average Bonchev–Trinajstić information content (AvgIpc) is 3.37. The topological polar surface area (TPSA) is 33.1 Å². The largest absolute Gasteiger partial charge is 0.339 e. The number of nitrogens with zero attached hydrogens (tertiary/aromatic N) is 2. The molecule has 0 aliphatic carbocycles. The summed E-state index contributed by atoms with van der Waals surface area (Å²) in [7, 11) is 0. The van der Waals surface area contributed by atoms with Gasteiger partial charge in [0.25, 0.3) is 0 Å². The van der Waals surface area contributed by atoms with Crippen LogP contribution < -0.4 is 0 Å². The lowest BCUT2D eigenvalue weighted by Crippen LogP contribution is -1.89. The first-order valence-electron chi connectivity index (χ1n) is 8.92. The van der Waals surface area contributed by atoms with E-state index < -0.39 is 0 Å². The van der Waals surface area contributed by atoms with Crippen LogP contribution in [0.4, 0.5) is 0 Å². The third-order valence-corrected chi connectivity index (χ3v) is 6.09. The third-order valence-electron chi connectivity index (χ3n) is 5.00. The molecule has 4 heteroatoms. The third kappa shape index (κ3) is 2.11. The van der Waals surface area contributed by atoms with Crippen molar-refractivity contribution in [2.75, 3.05) is 0 Å². The first-order valence-corrected chi connectivity index (χ1v) is 9.74. The Kier molecular flexibility index (Phi) is 3.04. The molecule has 0 amide bonds. The number of hydrogen-bond acceptors (Lipinski definition) is 2. The van der Waals surface area contributed by atoms with Crippen molar-refractivity contribution < 1.29 is 0 Å². The summed E-state index contributed by atoms with van der Waals surface area (Å²) in [5, 5.41) is 1.17. The van der Waals surface area contributed by atoms with Crippen LogP contribution in [0.1, 0.15) is 0 Å². The maximum atomic E-state index is 4.99. The van der Waals surface area contributed by atoms with Crippen LogP contribution in [-0.4, -0.2) is 14.4 Å². The molecule has 0 atom stereocenters. The fourth-order valence-electron chi connectivity index (χ4n) is 3.79. The lowest BCUT2D eigenvalue weighted by molar-refractivity contribution is 1.24. The molecule has 6 aromatic rings. The Morgan fingerprint density at radius 1 is 0.741 bits per heavy atom. The highest BCUT2D eigenvalue weighted by atomic mass is 32.1. The zero-order valence-corrected chi connectivity index (χ0v) is 15.2. The van der Waals surface area contributed by atoms with Crippen molar-refractivity contribution in [3.05, 3.63) is 84.9 Å². The fraction of sp³-hybridized carbons (Fsp3) is 0. The molecule has 6 rings (SSSR count). The van der Waals surface area contributed by atoms with Crippen molar-refractivity contribution >= 4 is 38.4 Å². The van der Waals surface area contributed by atoms with Crippen LogP contribution in [0.15, 0.2) is 84.9 Å². The fourth-order valence-corrected chi connectivity index (χ4v) is 4.94. The Morgan fingerprint density at radius 3 is 2.19 bits per heavy atom. The Bertz CT molecular complexity index is 1410. The molecule has 0 aliphatic heterocycles. The van der Waals surface area contributed by atoms with Crippen molar-refractivity contribution in [1.29, 1.82) is 0 Å². The first kappa shape index (κ1) is 14.8. The molecular weight excluding hydrogens is 350 g/mol. The summed E-state index contributed by atoms with van der Waals surface area (Å²) in [6, 6.07) is 29.5. The number of para-hydroxylation sites is 1. The van der Waals surface area contributed by atoms with E-state index in [0.717, 1.165) is 21.6 Å². The summed E-state index contributed by atoms with van der Waals surface area (Å²) < 4.78 is 2.28. The van der Waals surface area contributed by atoms with E-state index in [1.807, 2.05) is 0 Å². The van der Waals surface area contributed by atoms with E-state index in [4.69, 9.17) is 4.98 Å². The van der Waals surface area contributed by atoms with Crippen molar-refractivity contribution in [3.8, 4) is 21.7 Å². The van der Waals surface area contributed by atoms with E-state index in [1.165, 1.54) is 27.1 Å². The van der Waals surface area contributed by atoms with E-state index in [0.29, 0.717) is 0 Å². The van der Waals surface area contributed by atoms with E-state index >= 15 is 0 Å². The van der Waals surface area contributed by atoms with Gasteiger partial charge in [-0.3, -0.25) is 4.40 Å². The second-order valence-electron chi connectivity index (χ2n) is 6.61. The van der Waals surface area contributed by atoms with Crippen molar-refractivity contribution in [1.82, 2.24) is 14.4 Å². The number of H-pyrrole nitrogens is 1. The summed E-state index contributed by atoms with van der Waals surface area (Å²) >= 11 is 1.74. The summed E-state index contributed by atoms with van der Waals surface area (Å²) in [5.41, 5.74) is 6.82. The van der Waals surface area contributed by atoms with Gasteiger partial charge < -0.3 is 4.98 Å². The van der Waals surface area contributed by atoms with Gasteiger partial charge in [-0.2, -0.15) is 0 Å². The second-order valence-corrected chi connectivity index (χ2v) is 7.59. The number of imidazole rings is 1. The van der Waals surface area contributed by atoms with Crippen molar-refractivity contribution in [2.45, 2.75) is 0 Å². The molecule has 27 heavy (non-hydrogen) atoms. The van der Waals surface area contributed by atoms with Gasteiger partial charge in [0, 0.05) is 16.5 Å². The zero-order chi connectivity index (χ0) is 17.8. The van der Waals surface area contributed by atoms with Gasteiger partial charge in [-0.1, -0.05) is 90.2 Å². The van der Waals surface area contributed by atoms with Gasteiger partial charge in [0.15, 0.2) is 4.96 Å². The highest BCUT2D eigenvalue weighted by Crippen LogP contribution is 2.42. The standard InChI is InChI=1S/C23H15N3S/c1-3-9-15(10-4-1)20-21(16-11-5-2-6-12-16)27-23-25-19-17-13-7-8-14-18(17)24-22(19)26(20)23/h1-14,24H. The molecule has 0 radical (unpaired) electrons. The van der Waals surface area contributed by atoms with Crippen LogP contribution >= 0.6 is 11.3 Å². The van der Waals surface area contributed by atoms with Gasteiger partial charge in [0.2, 0.25) is 0 Å². The normalized spacial score (nSPS) is 11.7. The van der Waals surface area contributed by atoms with Crippen LogP contribution in [-0.2, 0) is 0 Å². The number of fused-ring (bicyclic) bond motifs is 5. The molecule has 0 unspecified atom stereocenters. The number of nitrogens with one attached hydrogen (secondary N) is 1. The number of thiazole rings is 1. The highest BCUT2D eigenvalue weighted by molar-refractivity contribution is 7.21. The Balaban J connectivity index is 1.78. The molecule has 3 aromatic carbocycles. The van der Waals surface area contributed by atoms with Crippen LogP contribution in [0.2, 0.25) is 0 Å². The Hall–Kier alpha value is -3.37. The molecular formula is C23H15N3S. The molecule has 3 heterocycles. The Morgan fingerprint density at radius 2 is 1.41 bits per heavy atom. The van der Waals surface area contributed by atoms with E-state index in [2.05, 4.69) is 94.3 Å². The van der Waals surface area contributed by atoms with E-state index in [9.17, 15) is 0 Å². The van der Waals surface area contributed by atoms with Crippen LogP contribution in [0.3, 0.4) is 0 Å². The SMILES string of the molecule is c1ccc(-c2sc3nc4c5ccccc5[nH]c4n3c2-c2ccccc2)cc1. The minimum Gasteiger partial charge on any atom is -0.339 e. The summed E-state index contributed by atoms with van der Waals surface area (Å²) in [6.07, 6.45) is 0. The van der Waals surface area contributed by atoms with Crippen LogP contribution in [0.5, 0.6) is 0 Å². The monoisotopic (exact) mass is 365 g/mol. The Labute approximate surface area is 159 Å². The maximum absolute atomic E-state index is 4.99. The average molecular weight is 365 g/mol. The number of aromatic nitrogens is 3. The minimum absolute atomic E-state index is 1.01. The molecule has 1 N–H and O–H groups in total. The molecule has 0 bridgehead atoms. The number of benzene rings is 3. The molecule has 0 saturated carbocycles. The van der Waals surface area contributed by atoms with Gasteiger partial charge in [-0.15, -0.1) is 0 Å². The minimum atomic E-state index is 1.01. The van der Waals surface area contributed by atoms with Gasteiger partial charge >= 0.3 is 0 Å². The molecule has 0 saturated heterocycles. The molecule has 128 valence electrons. The van der Waals surface area contributed by atoms with Gasteiger partial charge in [0.1, 0.15) is 11.2 Å². The number of rotatable bonds is 2. The maximum Gasteiger partial charge on any atom is 0.197 e. The second kappa shape index (κ2) is 5.56. The van der Waals surface area contributed by atoms with Crippen LogP contribution in [0, 0.1) is 0 Å². The lowest BCUT2D eigenvalue weighted by Gasteiger charge is -2.05. The van der Waals surface area contributed by atoms with Gasteiger partial charge in [-0.05, 0) is 11.6 Å². The molecule has 0 aliphatic rings. The molecule has 0 spiro atoms. The van der Waals surface area contributed by atoms with Gasteiger partial charge in [-0.25, -0.2) is 4.98 Å². The molecule has 3 nitrogen and oxygen atoms in total. The smallest absolute Gasteiger partial charge is 0.197 e. The summed E-state index contributed by atoms with van der Waals surface area (Å²) in [6.45, 7) is 0. The van der Waals surface area contributed by atoms with Crippen LogP contribution in [0.25, 0.3) is 48.7 Å². The zero-order valence-electron chi connectivity index (χ0n) is 14.4. The van der Waals surface area contributed by atoms with Crippen molar-refractivity contribution in [2.24, 2.45) is 0 Å². The predicted octanol–water partition coefficient (Wildman–Crippen LogP) is 6.36. The molecule has 0 fully saturated rings. The quantitative estimate of drug-likeness (QED) is 0.380. The molecule has 3 aromatic heterocycles. The van der Waals surface area contributed by atoms with Crippen molar-refractivity contribution in [3.63, 3.8) is 0 Å². The number of aromatic amines is 1. The first-order chi connectivity index (χ1) is 13.4. The summed E-state index contributed by atoms with van der Waals surface area (Å²) in [4.78, 5) is 10.8. The summed E-state index contributed by atoms with van der Waals surface area (Å²) in [5.74, 6) is 0. The van der Waals surface area contributed by atoms with E-state index in [1.54, 1.807) is 11.3 Å². The predicted molar refractivity (Wildman–Crippen MR) is 113 cm³/mol.